The van der Waals surface area contributed by atoms with Gasteiger partial charge in [0.15, 0.2) is 0 Å². The molecule has 0 aliphatic rings. The summed E-state index contributed by atoms with van der Waals surface area (Å²) in [4.78, 5) is 6.42. The second-order valence-corrected chi connectivity index (χ2v) is 3.41. The van der Waals surface area contributed by atoms with Gasteiger partial charge in [-0.15, -0.1) is 0 Å². The first kappa shape index (κ1) is 10.5. The lowest BCUT2D eigenvalue weighted by Gasteiger charge is -2.07. The van der Waals surface area contributed by atoms with Crippen LogP contribution < -0.4 is 5.73 Å². The van der Waals surface area contributed by atoms with Crippen LogP contribution in [0.4, 0.5) is 19.0 Å². The van der Waals surface area contributed by atoms with Gasteiger partial charge in [0, 0.05) is 0 Å². The highest BCUT2D eigenvalue weighted by Gasteiger charge is 2.35. The van der Waals surface area contributed by atoms with Crippen LogP contribution in [0.5, 0.6) is 0 Å². The predicted molar refractivity (Wildman–Crippen MR) is 48.9 cm³/mol. The van der Waals surface area contributed by atoms with E-state index in [1.165, 1.54) is 6.92 Å². The van der Waals surface area contributed by atoms with Crippen molar-refractivity contribution < 1.29 is 13.2 Å². The molecule has 0 bridgehead atoms. The van der Waals surface area contributed by atoms with Gasteiger partial charge in [-0.25, -0.2) is 9.97 Å². The van der Waals surface area contributed by atoms with Gasteiger partial charge >= 0.3 is 6.18 Å². The minimum atomic E-state index is -4.54. The molecule has 0 radical (unpaired) electrons. The first-order chi connectivity index (χ1) is 5.82. The fraction of sp³-hybridized carbons (Fsp3) is 0.333. The van der Waals surface area contributed by atoms with E-state index in [4.69, 9.17) is 5.73 Å². The maximum atomic E-state index is 12.1. The predicted octanol–water partition coefficient (Wildman–Crippen LogP) is 1.99. The number of aromatic nitrogens is 2. The Bertz CT molecular complexity index is 313. The van der Waals surface area contributed by atoms with Crippen molar-refractivity contribution in [2.75, 3.05) is 5.73 Å². The van der Waals surface area contributed by atoms with Crippen LogP contribution in [0.2, 0.25) is 0 Å². The average Bonchev–Trinajstić information content (AvgIpc) is 1.97. The topological polar surface area (TPSA) is 51.8 Å². The zero-order valence-electron chi connectivity index (χ0n) is 6.48. The Morgan fingerprint density at radius 2 is 1.85 bits per heavy atom. The van der Waals surface area contributed by atoms with Crippen molar-refractivity contribution in [3.63, 3.8) is 0 Å². The maximum Gasteiger partial charge on any atom is 0.451 e. The number of hydrogen-bond donors (Lipinski definition) is 1. The lowest BCUT2D eigenvalue weighted by Crippen LogP contribution is -2.14. The number of alkyl halides is 3. The number of halogens is 4. The van der Waals surface area contributed by atoms with E-state index < -0.39 is 12.0 Å². The van der Waals surface area contributed by atoms with E-state index in [0.29, 0.717) is 3.57 Å². The quantitative estimate of drug-likeness (QED) is 0.746. The molecule has 3 nitrogen and oxygen atoms in total. The third-order valence-corrected chi connectivity index (χ3v) is 2.63. The molecular formula is C6H5F3IN3. The molecule has 0 spiro atoms. The van der Waals surface area contributed by atoms with Crippen LogP contribution in [0.3, 0.4) is 0 Å². The minimum Gasteiger partial charge on any atom is -0.383 e. The zero-order chi connectivity index (χ0) is 10.2. The van der Waals surface area contributed by atoms with Crippen molar-refractivity contribution in [1.29, 1.82) is 0 Å². The second kappa shape index (κ2) is 3.28. The van der Waals surface area contributed by atoms with Crippen LogP contribution in [0.1, 0.15) is 11.5 Å². The summed E-state index contributed by atoms with van der Waals surface area (Å²) in [6.07, 6.45) is -4.54. The highest BCUT2D eigenvalue weighted by molar-refractivity contribution is 14.1. The van der Waals surface area contributed by atoms with Crippen molar-refractivity contribution in [1.82, 2.24) is 9.97 Å². The van der Waals surface area contributed by atoms with Crippen LogP contribution >= 0.6 is 22.6 Å². The molecule has 0 atom stereocenters. The van der Waals surface area contributed by atoms with Gasteiger partial charge in [-0.2, -0.15) is 13.2 Å². The van der Waals surface area contributed by atoms with Gasteiger partial charge in [0.1, 0.15) is 5.82 Å². The van der Waals surface area contributed by atoms with Crippen LogP contribution in [-0.4, -0.2) is 9.97 Å². The van der Waals surface area contributed by atoms with E-state index in [0.717, 1.165) is 0 Å². The standard InChI is InChI=1S/C6H5F3IN3/c1-2-3(10)4(11)13-5(12-2)6(7,8)9/h1H3,(H2,11,12,13). The molecule has 0 aliphatic heterocycles. The molecule has 0 aromatic carbocycles. The lowest BCUT2D eigenvalue weighted by molar-refractivity contribution is -0.145. The molecule has 0 saturated heterocycles. The Labute approximate surface area is 85.7 Å². The summed E-state index contributed by atoms with van der Waals surface area (Å²) in [6.45, 7) is 1.45. The molecule has 0 unspecified atom stereocenters. The van der Waals surface area contributed by atoms with Crippen LogP contribution in [0.15, 0.2) is 0 Å². The van der Waals surface area contributed by atoms with E-state index in [1.807, 2.05) is 0 Å². The number of rotatable bonds is 0. The molecule has 0 saturated carbocycles. The molecule has 0 aliphatic carbocycles. The number of hydrogen-bond acceptors (Lipinski definition) is 3. The van der Waals surface area contributed by atoms with Crippen molar-refractivity contribution in [2.24, 2.45) is 0 Å². The van der Waals surface area contributed by atoms with Gasteiger partial charge in [0.05, 0.1) is 9.26 Å². The van der Waals surface area contributed by atoms with E-state index >= 15 is 0 Å². The normalized spacial score (nSPS) is 11.8. The van der Waals surface area contributed by atoms with Gasteiger partial charge in [-0.3, -0.25) is 0 Å². The number of nitrogens with two attached hydrogens (primary N) is 1. The van der Waals surface area contributed by atoms with Crippen LogP contribution in [0, 0.1) is 10.5 Å². The number of nitrogens with zero attached hydrogens (tertiary/aromatic N) is 2. The van der Waals surface area contributed by atoms with E-state index in [-0.39, 0.29) is 11.5 Å². The summed E-state index contributed by atoms with van der Waals surface area (Å²) in [5, 5.41) is 0. The number of aryl methyl sites for hydroxylation is 1. The molecule has 1 aromatic rings. The Morgan fingerprint density at radius 3 is 2.23 bits per heavy atom. The third-order valence-electron chi connectivity index (χ3n) is 1.30. The monoisotopic (exact) mass is 303 g/mol. The van der Waals surface area contributed by atoms with Gasteiger partial charge in [0.25, 0.3) is 0 Å². The summed E-state index contributed by atoms with van der Waals surface area (Å²) in [6, 6.07) is 0. The summed E-state index contributed by atoms with van der Waals surface area (Å²) in [7, 11) is 0. The van der Waals surface area contributed by atoms with Crippen LogP contribution in [0.25, 0.3) is 0 Å². The molecule has 2 N–H and O–H groups in total. The molecule has 0 fully saturated rings. The number of anilines is 1. The molecule has 1 aromatic heterocycles. The van der Waals surface area contributed by atoms with Gasteiger partial charge in [-0.1, -0.05) is 0 Å². The molecule has 1 heterocycles. The van der Waals surface area contributed by atoms with Gasteiger partial charge in [-0.05, 0) is 29.5 Å². The van der Waals surface area contributed by atoms with Crippen molar-refractivity contribution in [2.45, 2.75) is 13.1 Å². The lowest BCUT2D eigenvalue weighted by atomic mass is 10.4. The highest BCUT2D eigenvalue weighted by atomic mass is 127. The Kier molecular flexibility index (Phi) is 2.64. The van der Waals surface area contributed by atoms with Crippen molar-refractivity contribution in [3.05, 3.63) is 15.1 Å². The summed E-state index contributed by atoms with van der Waals surface area (Å²) < 4.78 is 36.7. The van der Waals surface area contributed by atoms with E-state index in [1.54, 1.807) is 22.6 Å². The second-order valence-electron chi connectivity index (χ2n) is 2.33. The van der Waals surface area contributed by atoms with Gasteiger partial charge < -0.3 is 5.73 Å². The minimum absolute atomic E-state index is 0.138. The average molecular weight is 303 g/mol. The van der Waals surface area contributed by atoms with Gasteiger partial charge in [0.2, 0.25) is 5.82 Å². The SMILES string of the molecule is Cc1nc(C(F)(F)F)nc(N)c1I. The third kappa shape index (κ3) is 2.20. The maximum absolute atomic E-state index is 12.1. The summed E-state index contributed by atoms with van der Waals surface area (Å²) in [5.41, 5.74) is 5.50. The fourth-order valence-corrected chi connectivity index (χ4v) is 0.949. The molecule has 1 rings (SSSR count). The van der Waals surface area contributed by atoms with Crippen molar-refractivity contribution >= 4 is 28.4 Å². The smallest absolute Gasteiger partial charge is 0.383 e. The van der Waals surface area contributed by atoms with Crippen molar-refractivity contribution in [3.8, 4) is 0 Å². The molecule has 13 heavy (non-hydrogen) atoms. The summed E-state index contributed by atoms with van der Waals surface area (Å²) in [5.74, 6) is -1.33. The molecule has 0 amide bonds. The largest absolute Gasteiger partial charge is 0.451 e. The summed E-state index contributed by atoms with van der Waals surface area (Å²) >= 11 is 1.80. The highest BCUT2D eigenvalue weighted by Crippen LogP contribution is 2.28. The van der Waals surface area contributed by atoms with Crippen LogP contribution in [-0.2, 0) is 6.18 Å². The fourth-order valence-electron chi connectivity index (χ4n) is 0.708. The van der Waals surface area contributed by atoms with E-state index in [9.17, 15) is 13.2 Å². The number of nitrogen functional groups attached to an aromatic ring is 1. The first-order valence-corrected chi connectivity index (χ1v) is 4.27. The molecule has 7 heteroatoms. The first-order valence-electron chi connectivity index (χ1n) is 3.19. The molecule has 72 valence electrons. The Morgan fingerprint density at radius 1 is 1.31 bits per heavy atom. The zero-order valence-corrected chi connectivity index (χ0v) is 8.64. The molecular weight excluding hydrogens is 298 g/mol. The Hall–Kier alpha value is -0.600. The van der Waals surface area contributed by atoms with E-state index in [2.05, 4.69) is 9.97 Å². The Balaban J connectivity index is 3.29.